The molecule has 4 saturated carbocycles. The lowest BCUT2D eigenvalue weighted by Crippen LogP contribution is -2.61. The zero-order chi connectivity index (χ0) is 15.4. The molecule has 4 fully saturated rings. The number of hydrogen-bond donors (Lipinski definition) is 0. The third-order valence-corrected chi connectivity index (χ3v) is 6.51. The minimum absolute atomic E-state index is 0.189. The monoisotopic (exact) mass is 298 g/mol. The van der Waals surface area contributed by atoms with Crippen molar-refractivity contribution in [3.63, 3.8) is 0 Å². The van der Waals surface area contributed by atoms with E-state index in [4.69, 9.17) is 0 Å². The van der Waals surface area contributed by atoms with Gasteiger partial charge in [0, 0.05) is 11.0 Å². The van der Waals surface area contributed by atoms with Crippen LogP contribution in [0.4, 0.5) is 4.39 Å². The van der Waals surface area contributed by atoms with Gasteiger partial charge in [0.1, 0.15) is 5.67 Å². The number of allylic oxidation sites excluding steroid dienone is 1. The van der Waals surface area contributed by atoms with Crippen LogP contribution in [0.15, 0.2) is 43.0 Å². The first-order chi connectivity index (χ1) is 10.6. The summed E-state index contributed by atoms with van der Waals surface area (Å²) < 4.78 is 15.0. The molecule has 4 aliphatic carbocycles. The summed E-state index contributed by atoms with van der Waals surface area (Å²) in [6, 6.07) is 9.58. The molecule has 22 heavy (non-hydrogen) atoms. The second-order valence-electron chi connectivity index (χ2n) is 7.72. The molecule has 0 aromatic heterocycles. The minimum atomic E-state index is -1.00. The van der Waals surface area contributed by atoms with Gasteiger partial charge in [0.25, 0.3) is 0 Å². The predicted molar refractivity (Wildman–Crippen MR) is 85.4 cm³/mol. The first-order valence-corrected chi connectivity index (χ1v) is 8.47. The number of carbonyl (C=O) groups is 1. The van der Waals surface area contributed by atoms with Crippen LogP contribution < -0.4 is 0 Å². The summed E-state index contributed by atoms with van der Waals surface area (Å²) in [5.74, 6) is 1.10. The van der Waals surface area contributed by atoms with Gasteiger partial charge in [-0.25, -0.2) is 4.39 Å². The van der Waals surface area contributed by atoms with Crippen molar-refractivity contribution < 1.29 is 9.18 Å². The second kappa shape index (κ2) is 4.78. The van der Waals surface area contributed by atoms with E-state index in [0.29, 0.717) is 25.2 Å². The Hall–Kier alpha value is -1.44. The van der Waals surface area contributed by atoms with Crippen molar-refractivity contribution in [2.45, 2.75) is 44.2 Å². The SMILES string of the molecule is C=CCC1(C(=O)c2ccccc2)[C@@H]2CC3C[C@H]1CC(F)(C3)C2. The Kier molecular flexibility index (Phi) is 3.08. The molecule has 0 heterocycles. The maximum atomic E-state index is 15.0. The van der Waals surface area contributed by atoms with Crippen molar-refractivity contribution in [2.75, 3.05) is 0 Å². The van der Waals surface area contributed by atoms with Gasteiger partial charge in [-0.3, -0.25) is 4.79 Å². The van der Waals surface area contributed by atoms with Crippen LogP contribution in [-0.4, -0.2) is 11.5 Å². The highest BCUT2D eigenvalue weighted by Crippen LogP contribution is 2.66. The van der Waals surface area contributed by atoms with E-state index in [-0.39, 0.29) is 17.6 Å². The number of hydrogen-bond acceptors (Lipinski definition) is 1. The summed E-state index contributed by atoms with van der Waals surface area (Å²) in [7, 11) is 0. The van der Waals surface area contributed by atoms with E-state index in [0.717, 1.165) is 24.8 Å². The number of Topliss-reactive ketones (excluding diaryl/α,β-unsaturated/α-hetero) is 1. The molecule has 0 spiro atoms. The van der Waals surface area contributed by atoms with Crippen LogP contribution in [0.1, 0.15) is 48.9 Å². The smallest absolute Gasteiger partial charge is 0.169 e. The maximum absolute atomic E-state index is 15.0. The van der Waals surface area contributed by atoms with Gasteiger partial charge in [-0.2, -0.15) is 0 Å². The molecular formula is C20H23FO. The fourth-order valence-electron chi connectivity index (χ4n) is 5.90. The highest BCUT2D eigenvalue weighted by atomic mass is 19.1. The van der Waals surface area contributed by atoms with E-state index in [2.05, 4.69) is 6.58 Å². The highest BCUT2D eigenvalue weighted by Gasteiger charge is 2.64. The van der Waals surface area contributed by atoms with Crippen LogP contribution in [0.25, 0.3) is 0 Å². The van der Waals surface area contributed by atoms with E-state index in [1.165, 1.54) is 0 Å². The van der Waals surface area contributed by atoms with Gasteiger partial charge in [-0.05, 0) is 56.3 Å². The van der Waals surface area contributed by atoms with Crippen LogP contribution in [-0.2, 0) is 0 Å². The zero-order valence-corrected chi connectivity index (χ0v) is 12.9. The Balaban J connectivity index is 1.78. The fraction of sp³-hybridized carbons (Fsp3) is 0.550. The number of halogens is 1. The molecule has 1 aromatic rings. The first-order valence-electron chi connectivity index (χ1n) is 8.47. The summed E-state index contributed by atoms with van der Waals surface area (Å²) in [5, 5.41) is 0. The summed E-state index contributed by atoms with van der Waals surface area (Å²) in [4.78, 5) is 13.4. The van der Waals surface area contributed by atoms with Gasteiger partial charge in [0.2, 0.25) is 0 Å². The fourth-order valence-corrected chi connectivity index (χ4v) is 5.90. The number of carbonyl (C=O) groups excluding carboxylic acids is 1. The van der Waals surface area contributed by atoms with Crippen LogP contribution in [0, 0.1) is 23.2 Å². The number of alkyl halides is 1. The average molecular weight is 298 g/mol. The van der Waals surface area contributed by atoms with E-state index in [9.17, 15) is 9.18 Å². The van der Waals surface area contributed by atoms with E-state index >= 15 is 0 Å². The van der Waals surface area contributed by atoms with Crippen LogP contribution in [0.5, 0.6) is 0 Å². The molecule has 2 heteroatoms. The molecule has 5 rings (SSSR count). The Labute approximate surface area is 131 Å². The van der Waals surface area contributed by atoms with E-state index in [1.54, 1.807) is 0 Å². The minimum Gasteiger partial charge on any atom is -0.294 e. The Bertz CT molecular complexity index is 589. The molecular weight excluding hydrogens is 275 g/mol. The Morgan fingerprint density at radius 2 is 1.82 bits per heavy atom. The summed E-state index contributed by atoms with van der Waals surface area (Å²) in [6.45, 7) is 3.90. The van der Waals surface area contributed by atoms with Crippen LogP contribution >= 0.6 is 0 Å². The van der Waals surface area contributed by atoms with Crippen molar-refractivity contribution >= 4 is 5.78 Å². The molecule has 5 atom stereocenters. The summed E-state index contributed by atoms with van der Waals surface area (Å²) >= 11 is 0. The number of rotatable bonds is 4. The topological polar surface area (TPSA) is 17.1 Å². The Morgan fingerprint density at radius 1 is 1.18 bits per heavy atom. The molecule has 1 nitrogen and oxygen atoms in total. The average Bonchev–Trinajstić information content (AvgIpc) is 2.50. The van der Waals surface area contributed by atoms with Crippen molar-refractivity contribution in [2.24, 2.45) is 23.2 Å². The summed E-state index contributed by atoms with van der Waals surface area (Å²) in [6.07, 6.45) is 6.50. The second-order valence-corrected chi connectivity index (χ2v) is 7.72. The van der Waals surface area contributed by atoms with Crippen molar-refractivity contribution in [3.05, 3.63) is 48.6 Å². The van der Waals surface area contributed by atoms with Crippen molar-refractivity contribution in [3.8, 4) is 0 Å². The number of benzene rings is 1. The lowest BCUT2D eigenvalue weighted by Gasteiger charge is -2.62. The molecule has 0 radical (unpaired) electrons. The third-order valence-electron chi connectivity index (χ3n) is 6.51. The standard InChI is InChI=1S/C20H23FO/c1-2-8-20(18(22)15-6-4-3-5-7-15)16-9-14-10-17(20)13-19(21,11-14)12-16/h2-7,14,16-17H,1,8-13H2/t14?,16-,17+,19?,20?. The van der Waals surface area contributed by atoms with Gasteiger partial charge < -0.3 is 0 Å². The molecule has 116 valence electrons. The normalized spacial score (nSPS) is 42.3. The molecule has 4 bridgehead atoms. The lowest BCUT2D eigenvalue weighted by atomic mass is 9.42. The zero-order valence-electron chi connectivity index (χ0n) is 12.9. The van der Waals surface area contributed by atoms with Gasteiger partial charge >= 0.3 is 0 Å². The molecule has 4 aliphatic rings. The number of ketones is 1. The largest absolute Gasteiger partial charge is 0.294 e. The predicted octanol–water partition coefficient (Wildman–Crippen LogP) is 4.98. The van der Waals surface area contributed by atoms with Gasteiger partial charge in [-0.1, -0.05) is 36.4 Å². The van der Waals surface area contributed by atoms with Crippen molar-refractivity contribution in [1.82, 2.24) is 0 Å². The Morgan fingerprint density at radius 3 is 2.36 bits per heavy atom. The first kappa shape index (κ1) is 14.2. The van der Waals surface area contributed by atoms with Crippen molar-refractivity contribution in [1.29, 1.82) is 0 Å². The van der Waals surface area contributed by atoms with E-state index < -0.39 is 11.1 Å². The van der Waals surface area contributed by atoms with Gasteiger partial charge in [0.05, 0.1) is 0 Å². The third kappa shape index (κ3) is 1.85. The van der Waals surface area contributed by atoms with Gasteiger partial charge in [0.15, 0.2) is 5.78 Å². The van der Waals surface area contributed by atoms with E-state index in [1.807, 2.05) is 36.4 Å². The molecule has 0 N–H and O–H groups in total. The van der Waals surface area contributed by atoms with Crippen LogP contribution in [0.3, 0.4) is 0 Å². The lowest BCUT2D eigenvalue weighted by molar-refractivity contribution is -0.139. The summed E-state index contributed by atoms with van der Waals surface area (Å²) in [5.41, 5.74) is -0.627. The molecule has 1 aromatic carbocycles. The quantitative estimate of drug-likeness (QED) is 0.566. The van der Waals surface area contributed by atoms with Gasteiger partial charge in [-0.15, -0.1) is 6.58 Å². The highest BCUT2D eigenvalue weighted by molar-refractivity contribution is 6.01. The molecule has 3 unspecified atom stereocenters. The maximum Gasteiger partial charge on any atom is 0.169 e. The molecule has 0 aliphatic heterocycles. The molecule has 0 saturated heterocycles. The van der Waals surface area contributed by atoms with Crippen LogP contribution in [0.2, 0.25) is 0 Å². The molecule has 0 amide bonds.